The third kappa shape index (κ3) is 2.83. The fourth-order valence-corrected chi connectivity index (χ4v) is 2.23. The maximum Gasteiger partial charge on any atom is 0.174 e. The zero-order valence-electron chi connectivity index (χ0n) is 8.91. The van der Waals surface area contributed by atoms with Gasteiger partial charge >= 0.3 is 0 Å². The molecule has 0 saturated heterocycles. The Morgan fingerprint density at radius 1 is 1.41 bits per heavy atom. The molecule has 2 rings (SSSR count). The first-order valence-electron chi connectivity index (χ1n) is 4.92. The lowest BCUT2D eigenvalue weighted by molar-refractivity contribution is 0.847. The molecule has 0 saturated carbocycles. The normalized spacial score (nSPS) is 10.6. The standard InChI is InChI=1S/C10H9Cl2IN4/c1-2-14-9-7(11)3-8(12)10(16-9)17-5-6(13)4-15-17/h3-5H,2H2,1H3,(H,14,16). The molecule has 4 nitrogen and oxygen atoms in total. The van der Waals surface area contributed by atoms with Crippen molar-refractivity contribution in [2.75, 3.05) is 11.9 Å². The van der Waals surface area contributed by atoms with Gasteiger partial charge in [-0.1, -0.05) is 23.2 Å². The van der Waals surface area contributed by atoms with Gasteiger partial charge in [0.1, 0.15) is 5.82 Å². The fourth-order valence-electron chi connectivity index (χ4n) is 1.33. The molecular weight excluding hydrogens is 374 g/mol. The summed E-state index contributed by atoms with van der Waals surface area (Å²) in [6.45, 7) is 2.72. The number of halogens is 3. The number of pyridine rings is 1. The lowest BCUT2D eigenvalue weighted by Crippen LogP contribution is -2.05. The van der Waals surface area contributed by atoms with Crippen molar-refractivity contribution in [2.45, 2.75) is 6.92 Å². The molecule has 0 bridgehead atoms. The molecular formula is C10H9Cl2IN4. The molecule has 90 valence electrons. The van der Waals surface area contributed by atoms with E-state index in [4.69, 9.17) is 23.2 Å². The topological polar surface area (TPSA) is 42.7 Å². The molecule has 0 radical (unpaired) electrons. The van der Waals surface area contributed by atoms with Gasteiger partial charge in [0.25, 0.3) is 0 Å². The van der Waals surface area contributed by atoms with Gasteiger partial charge in [0, 0.05) is 12.7 Å². The largest absolute Gasteiger partial charge is 0.369 e. The van der Waals surface area contributed by atoms with E-state index < -0.39 is 0 Å². The van der Waals surface area contributed by atoms with Crippen molar-refractivity contribution in [3.63, 3.8) is 0 Å². The molecule has 2 heterocycles. The third-order valence-electron chi connectivity index (χ3n) is 2.02. The van der Waals surface area contributed by atoms with Crippen LogP contribution in [0.1, 0.15) is 6.92 Å². The van der Waals surface area contributed by atoms with Gasteiger partial charge in [-0.15, -0.1) is 0 Å². The number of hydrogen-bond donors (Lipinski definition) is 1. The molecule has 0 fully saturated rings. The minimum Gasteiger partial charge on any atom is -0.369 e. The molecule has 17 heavy (non-hydrogen) atoms. The fraction of sp³-hybridized carbons (Fsp3) is 0.200. The Labute approximate surface area is 122 Å². The summed E-state index contributed by atoms with van der Waals surface area (Å²) >= 11 is 14.3. The van der Waals surface area contributed by atoms with Crippen molar-refractivity contribution in [1.29, 1.82) is 0 Å². The number of nitrogens with zero attached hydrogens (tertiary/aromatic N) is 3. The molecule has 2 aromatic rings. The highest BCUT2D eigenvalue weighted by molar-refractivity contribution is 14.1. The number of anilines is 1. The van der Waals surface area contributed by atoms with Crippen LogP contribution in [-0.4, -0.2) is 21.3 Å². The Hall–Kier alpha value is -0.530. The Bertz CT molecular complexity index is 541. The number of nitrogens with one attached hydrogen (secondary N) is 1. The van der Waals surface area contributed by atoms with E-state index in [-0.39, 0.29) is 0 Å². The van der Waals surface area contributed by atoms with Gasteiger partial charge in [0.15, 0.2) is 5.82 Å². The average Bonchev–Trinajstić information content (AvgIpc) is 2.69. The van der Waals surface area contributed by atoms with E-state index in [9.17, 15) is 0 Å². The summed E-state index contributed by atoms with van der Waals surface area (Å²) in [5.41, 5.74) is 0. The lowest BCUT2D eigenvalue weighted by atomic mass is 10.4. The minimum absolute atomic E-state index is 0.469. The molecule has 0 amide bonds. The Kier molecular flexibility index (Phi) is 4.11. The van der Waals surface area contributed by atoms with Crippen LogP contribution in [0.3, 0.4) is 0 Å². The molecule has 7 heteroatoms. The highest BCUT2D eigenvalue weighted by Gasteiger charge is 2.11. The molecule has 1 N–H and O–H groups in total. The first kappa shape index (κ1) is 12.9. The summed E-state index contributed by atoms with van der Waals surface area (Å²) < 4.78 is 2.64. The van der Waals surface area contributed by atoms with Crippen molar-refractivity contribution in [1.82, 2.24) is 14.8 Å². The molecule has 0 unspecified atom stereocenters. The average molecular weight is 383 g/mol. The van der Waals surface area contributed by atoms with Crippen LogP contribution >= 0.6 is 45.8 Å². The van der Waals surface area contributed by atoms with Gasteiger partial charge in [0.05, 0.1) is 19.8 Å². The van der Waals surface area contributed by atoms with E-state index in [1.807, 2.05) is 13.1 Å². The lowest BCUT2D eigenvalue weighted by Gasteiger charge is -2.09. The van der Waals surface area contributed by atoms with Crippen molar-refractivity contribution in [2.24, 2.45) is 0 Å². The Morgan fingerprint density at radius 3 is 2.76 bits per heavy atom. The van der Waals surface area contributed by atoms with Crippen LogP contribution in [0.5, 0.6) is 0 Å². The number of hydrogen-bond acceptors (Lipinski definition) is 3. The van der Waals surface area contributed by atoms with Crippen LogP contribution in [-0.2, 0) is 0 Å². The van der Waals surface area contributed by atoms with Crippen LogP contribution in [0.2, 0.25) is 10.0 Å². The third-order valence-corrected chi connectivity index (χ3v) is 3.15. The quantitative estimate of drug-likeness (QED) is 0.824. The summed E-state index contributed by atoms with van der Waals surface area (Å²) in [5.74, 6) is 1.18. The minimum atomic E-state index is 0.469. The summed E-state index contributed by atoms with van der Waals surface area (Å²) in [6, 6.07) is 1.66. The molecule has 0 spiro atoms. The maximum atomic E-state index is 6.11. The van der Waals surface area contributed by atoms with Crippen molar-refractivity contribution >= 4 is 51.6 Å². The monoisotopic (exact) mass is 382 g/mol. The van der Waals surface area contributed by atoms with Crippen LogP contribution < -0.4 is 5.32 Å². The van der Waals surface area contributed by atoms with Crippen LogP contribution in [0.4, 0.5) is 5.82 Å². The second-order valence-corrected chi connectivity index (χ2v) is 5.32. The van der Waals surface area contributed by atoms with Gasteiger partial charge in [-0.3, -0.25) is 0 Å². The summed E-state index contributed by atoms with van der Waals surface area (Å²) in [6.07, 6.45) is 3.58. The summed E-state index contributed by atoms with van der Waals surface area (Å²) in [5, 5.41) is 8.22. The Balaban J connectivity index is 2.50. The zero-order chi connectivity index (χ0) is 12.4. The highest BCUT2D eigenvalue weighted by atomic mass is 127. The first-order chi connectivity index (χ1) is 8.11. The van der Waals surface area contributed by atoms with E-state index in [1.165, 1.54) is 0 Å². The second kappa shape index (κ2) is 5.41. The maximum absolute atomic E-state index is 6.11. The van der Waals surface area contributed by atoms with Gasteiger partial charge in [-0.2, -0.15) is 5.10 Å². The van der Waals surface area contributed by atoms with Crippen molar-refractivity contribution in [3.8, 4) is 5.82 Å². The van der Waals surface area contributed by atoms with E-state index in [2.05, 4.69) is 38.0 Å². The SMILES string of the molecule is CCNc1nc(-n2cc(I)cn2)c(Cl)cc1Cl. The zero-order valence-corrected chi connectivity index (χ0v) is 12.6. The van der Waals surface area contributed by atoms with Gasteiger partial charge in [0.2, 0.25) is 0 Å². The molecule has 0 aliphatic carbocycles. The van der Waals surface area contributed by atoms with E-state index in [0.29, 0.717) is 21.7 Å². The predicted molar refractivity (Wildman–Crippen MR) is 78.3 cm³/mol. The van der Waals surface area contributed by atoms with Gasteiger partial charge < -0.3 is 5.32 Å². The van der Waals surface area contributed by atoms with E-state index in [1.54, 1.807) is 16.9 Å². The predicted octanol–water partition coefficient (Wildman–Crippen LogP) is 3.61. The number of rotatable bonds is 3. The highest BCUT2D eigenvalue weighted by Crippen LogP contribution is 2.28. The molecule has 0 aromatic carbocycles. The molecule has 0 atom stereocenters. The van der Waals surface area contributed by atoms with Gasteiger partial charge in [-0.05, 0) is 35.6 Å². The van der Waals surface area contributed by atoms with Crippen LogP contribution in [0.25, 0.3) is 5.82 Å². The van der Waals surface area contributed by atoms with Gasteiger partial charge in [-0.25, -0.2) is 9.67 Å². The summed E-state index contributed by atoms with van der Waals surface area (Å²) in [7, 11) is 0. The number of aromatic nitrogens is 3. The van der Waals surface area contributed by atoms with Crippen molar-refractivity contribution < 1.29 is 0 Å². The van der Waals surface area contributed by atoms with E-state index >= 15 is 0 Å². The molecule has 0 aliphatic heterocycles. The molecule has 0 aliphatic rings. The first-order valence-corrected chi connectivity index (χ1v) is 6.75. The molecule has 2 aromatic heterocycles. The smallest absolute Gasteiger partial charge is 0.174 e. The van der Waals surface area contributed by atoms with Crippen LogP contribution in [0.15, 0.2) is 18.5 Å². The second-order valence-electron chi connectivity index (χ2n) is 3.26. The summed E-state index contributed by atoms with van der Waals surface area (Å²) in [4.78, 5) is 4.37. The van der Waals surface area contributed by atoms with Crippen LogP contribution in [0, 0.1) is 3.57 Å². The van der Waals surface area contributed by atoms with E-state index in [0.717, 1.165) is 10.1 Å². The van der Waals surface area contributed by atoms with Crippen molar-refractivity contribution in [3.05, 3.63) is 32.1 Å². The Morgan fingerprint density at radius 2 is 2.18 bits per heavy atom.